The molecule has 1 aromatic heterocycles. The third kappa shape index (κ3) is 2.22. The number of hydrogen-bond acceptors (Lipinski definition) is 4. The Hall–Kier alpha value is -1.66. The lowest BCUT2D eigenvalue weighted by molar-refractivity contribution is -0.142. The molecule has 0 saturated carbocycles. The predicted octanol–water partition coefficient (Wildman–Crippen LogP) is 1.56. The van der Waals surface area contributed by atoms with Crippen molar-refractivity contribution in [1.29, 1.82) is 0 Å². The van der Waals surface area contributed by atoms with E-state index < -0.39 is 11.9 Å². The molecule has 0 spiro atoms. The number of hydrogen-bond donors (Lipinski definition) is 0. The Morgan fingerprint density at radius 2 is 1.94 bits per heavy atom. The summed E-state index contributed by atoms with van der Waals surface area (Å²) in [5.74, 6) is -0.119. The highest BCUT2D eigenvalue weighted by Crippen LogP contribution is 2.34. The Morgan fingerprint density at radius 3 is 2.53 bits per heavy atom. The molecule has 1 heterocycles. The number of ether oxygens (including phenoxy) is 1. The Bertz CT molecular complexity index is 471. The van der Waals surface area contributed by atoms with E-state index in [1.165, 1.54) is 7.11 Å². The number of alkyl halides is 3. The van der Waals surface area contributed by atoms with Crippen molar-refractivity contribution in [3.63, 3.8) is 0 Å². The van der Waals surface area contributed by atoms with Gasteiger partial charge in [0.25, 0.3) is 0 Å². The fraction of sp³-hybridized carbons (Fsp3) is 0.500. The molecule has 92 valence electrons. The van der Waals surface area contributed by atoms with Gasteiger partial charge in [0.15, 0.2) is 5.69 Å². The van der Waals surface area contributed by atoms with E-state index in [1.54, 1.807) is 0 Å². The minimum atomic E-state index is -4.55. The minimum Gasteiger partial charge on any atom is -0.467 e. The average Bonchev–Trinajstić information content (AvgIpc) is 2.25. The summed E-state index contributed by atoms with van der Waals surface area (Å²) >= 11 is 0. The summed E-state index contributed by atoms with van der Waals surface area (Å²) in [5, 5.41) is 0. The number of fused-ring (bicyclic) bond motifs is 1. The maximum absolute atomic E-state index is 12.8. The second-order valence-corrected chi connectivity index (χ2v) is 3.70. The van der Waals surface area contributed by atoms with E-state index in [1.807, 2.05) is 0 Å². The third-order valence-electron chi connectivity index (χ3n) is 2.54. The summed E-state index contributed by atoms with van der Waals surface area (Å²) in [6.07, 6.45) is -4.50. The number of methoxy groups -OCH3 is 1. The Morgan fingerprint density at radius 1 is 1.24 bits per heavy atom. The zero-order chi connectivity index (χ0) is 12.6. The smallest absolute Gasteiger partial charge is 0.433 e. The van der Waals surface area contributed by atoms with Gasteiger partial charge in [0.05, 0.1) is 12.8 Å². The van der Waals surface area contributed by atoms with Crippen molar-refractivity contribution in [3.8, 4) is 6.01 Å². The first kappa shape index (κ1) is 11.8. The summed E-state index contributed by atoms with van der Waals surface area (Å²) in [6, 6.07) is -0.356. The van der Waals surface area contributed by atoms with Gasteiger partial charge < -0.3 is 4.74 Å². The number of Topliss-reactive ketones (excluding diaryl/α,β-unsaturated/α-hetero) is 1. The number of carbonyl (C=O) groups is 1. The van der Waals surface area contributed by atoms with E-state index in [9.17, 15) is 18.0 Å². The number of nitrogens with zero attached hydrogens (tertiary/aromatic N) is 2. The number of ketones is 1. The lowest BCUT2D eigenvalue weighted by atomic mass is 9.93. The quantitative estimate of drug-likeness (QED) is 0.754. The fourth-order valence-corrected chi connectivity index (χ4v) is 1.78. The van der Waals surface area contributed by atoms with Gasteiger partial charge in [-0.05, 0) is 6.42 Å². The highest BCUT2D eigenvalue weighted by molar-refractivity contribution is 5.82. The van der Waals surface area contributed by atoms with Crippen LogP contribution >= 0.6 is 0 Å². The fourth-order valence-electron chi connectivity index (χ4n) is 1.78. The van der Waals surface area contributed by atoms with Gasteiger partial charge in [0.2, 0.25) is 0 Å². The number of carbonyl (C=O) groups excluding carboxylic acids is 1. The lowest BCUT2D eigenvalue weighted by Gasteiger charge is -2.19. The Balaban J connectivity index is 2.58. The second kappa shape index (κ2) is 3.97. The van der Waals surface area contributed by atoms with Crippen molar-refractivity contribution in [2.75, 3.05) is 7.11 Å². The van der Waals surface area contributed by atoms with E-state index in [-0.39, 0.29) is 42.3 Å². The zero-order valence-corrected chi connectivity index (χ0v) is 8.97. The molecular formula is C10H9F3N2O2. The number of rotatable bonds is 1. The van der Waals surface area contributed by atoms with Crippen molar-refractivity contribution < 1.29 is 22.7 Å². The topological polar surface area (TPSA) is 52.1 Å². The van der Waals surface area contributed by atoms with Crippen LogP contribution < -0.4 is 4.74 Å². The molecular weight excluding hydrogens is 237 g/mol. The van der Waals surface area contributed by atoms with Crippen LogP contribution in [0.5, 0.6) is 6.01 Å². The van der Waals surface area contributed by atoms with Gasteiger partial charge in [-0.25, -0.2) is 0 Å². The van der Waals surface area contributed by atoms with Gasteiger partial charge >= 0.3 is 12.2 Å². The molecule has 2 rings (SSSR count). The highest BCUT2D eigenvalue weighted by Gasteiger charge is 2.38. The lowest BCUT2D eigenvalue weighted by Crippen LogP contribution is -2.22. The maximum atomic E-state index is 12.8. The molecule has 0 saturated heterocycles. The second-order valence-electron chi connectivity index (χ2n) is 3.70. The average molecular weight is 246 g/mol. The van der Waals surface area contributed by atoms with Crippen LogP contribution in [-0.4, -0.2) is 22.9 Å². The predicted molar refractivity (Wildman–Crippen MR) is 50.6 cm³/mol. The van der Waals surface area contributed by atoms with Crippen LogP contribution in [0.3, 0.4) is 0 Å². The monoisotopic (exact) mass is 246 g/mol. The Labute approximate surface area is 94.8 Å². The number of aromatic nitrogens is 2. The molecule has 1 aliphatic carbocycles. The summed E-state index contributed by atoms with van der Waals surface area (Å²) < 4.78 is 42.9. The van der Waals surface area contributed by atoms with Crippen molar-refractivity contribution in [2.24, 2.45) is 0 Å². The SMILES string of the molecule is COc1nc2c(c(C(F)(F)F)n1)CCC(=O)C2. The van der Waals surface area contributed by atoms with Crippen LogP contribution in [0.25, 0.3) is 0 Å². The molecule has 7 heteroatoms. The third-order valence-corrected chi connectivity index (χ3v) is 2.54. The van der Waals surface area contributed by atoms with E-state index >= 15 is 0 Å². The zero-order valence-electron chi connectivity index (χ0n) is 8.97. The number of halogens is 3. The van der Waals surface area contributed by atoms with Crippen molar-refractivity contribution in [2.45, 2.75) is 25.4 Å². The van der Waals surface area contributed by atoms with Crippen LogP contribution in [0.2, 0.25) is 0 Å². The van der Waals surface area contributed by atoms with Gasteiger partial charge in [-0.2, -0.15) is 23.1 Å². The normalized spacial score (nSPS) is 15.6. The van der Waals surface area contributed by atoms with E-state index in [4.69, 9.17) is 0 Å². The molecule has 17 heavy (non-hydrogen) atoms. The highest BCUT2D eigenvalue weighted by atomic mass is 19.4. The molecule has 0 unspecified atom stereocenters. The van der Waals surface area contributed by atoms with E-state index in [2.05, 4.69) is 14.7 Å². The van der Waals surface area contributed by atoms with E-state index in [0.29, 0.717) is 0 Å². The van der Waals surface area contributed by atoms with Gasteiger partial charge in [0.1, 0.15) is 5.78 Å². The first-order valence-electron chi connectivity index (χ1n) is 4.94. The van der Waals surface area contributed by atoms with Crippen molar-refractivity contribution in [1.82, 2.24) is 9.97 Å². The van der Waals surface area contributed by atoms with E-state index in [0.717, 1.165) is 0 Å². The summed E-state index contributed by atoms with van der Waals surface area (Å²) in [4.78, 5) is 18.3. The minimum absolute atomic E-state index is 0.0119. The van der Waals surface area contributed by atoms with Gasteiger partial charge in [-0.3, -0.25) is 4.79 Å². The van der Waals surface area contributed by atoms with Gasteiger partial charge in [-0.15, -0.1) is 0 Å². The standard InChI is InChI=1S/C10H9F3N2O2/c1-17-9-14-7-4-5(16)2-3-6(7)8(15-9)10(11,12)13/h2-4H2,1H3. The van der Waals surface area contributed by atoms with Crippen LogP contribution in [-0.2, 0) is 23.8 Å². The van der Waals surface area contributed by atoms with Crippen LogP contribution in [0.4, 0.5) is 13.2 Å². The molecule has 0 radical (unpaired) electrons. The van der Waals surface area contributed by atoms with Gasteiger partial charge in [-0.1, -0.05) is 0 Å². The summed E-state index contributed by atoms with van der Waals surface area (Å²) in [7, 11) is 1.19. The summed E-state index contributed by atoms with van der Waals surface area (Å²) in [6.45, 7) is 0. The first-order chi connectivity index (χ1) is 7.91. The molecule has 0 aromatic carbocycles. The molecule has 1 aliphatic rings. The molecule has 0 N–H and O–H groups in total. The van der Waals surface area contributed by atoms with Crippen molar-refractivity contribution in [3.05, 3.63) is 17.0 Å². The first-order valence-corrected chi connectivity index (χ1v) is 4.94. The maximum Gasteiger partial charge on any atom is 0.433 e. The molecule has 0 bridgehead atoms. The molecule has 0 fully saturated rings. The molecule has 0 amide bonds. The Kier molecular flexibility index (Phi) is 2.76. The van der Waals surface area contributed by atoms with Crippen LogP contribution in [0.1, 0.15) is 23.4 Å². The summed E-state index contributed by atoms with van der Waals surface area (Å²) in [5.41, 5.74) is -0.856. The largest absolute Gasteiger partial charge is 0.467 e. The van der Waals surface area contributed by atoms with Crippen molar-refractivity contribution >= 4 is 5.78 Å². The van der Waals surface area contributed by atoms with Gasteiger partial charge in [0, 0.05) is 18.4 Å². The molecule has 4 nitrogen and oxygen atoms in total. The molecule has 0 aliphatic heterocycles. The molecule has 1 aromatic rings. The van der Waals surface area contributed by atoms with Crippen LogP contribution in [0.15, 0.2) is 0 Å². The van der Waals surface area contributed by atoms with Crippen LogP contribution in [0, 0.1) is 0 Å². The molecule has 0 atom stereocenters.